The molecule has 1 atom stereocenters. The predicted octanol–water partition coefficient (Wildman–Crippen LogP) is 3.33. The first-order chi connectivity index (χ1) is 14.9. The van der Waals surface area contributed by atoms with Crippen LogP contribution in [0.1, 0.15) is 41.2 Å². The molecule has 160 valence electrons. The smallest absolute Gasteiger partial charge is 0.329 e. The fourth-order valence-electron chi connectivity index (χ4n) is 3.25. The number of hydrogen-bond acceptors (Lipinski definition) is 6. The third kappa shape index (κ3) is 5.01. The van der Waals surface area contributed by atoms with Gasteiger partial charge in [-0.3, -0.25) is 9.59 Å². The molecule has 1 unspecified atom stereocenters. The average molecular weight is 421 g/mol. The maximum atomic E-state index is 12.8. The number of carbonyl (C=O) groups is 3. The minimum Gasteiger partial charge on any atom is -0.459 e. The van der Waals surface area contributed by atoms with Gasteiger partial charge in [0, 0.05) is 29.2 Å². The van der Waals surface area contributed by atoms with Gasteiger partial charge in [0.15, 0.2) is 12.4 Å². The molecule has 1 N–H and O–H groups in total. The highest BCUT2D eigenvalue weighted by molar-refractivity contribution is 6.09. The van der Waals surface area contributed by atoms with E-state index < -0.39 is 24.5 Å². The second kappa shape index (κ2) is 9.76. The van der Waals surface area contributed by atoms with Crippen LogP contribution in [0.5, 0.6) is 0 Å². The number of esters is 1. The standard InChI is InChI=1S/C23H23N3O5/c1-15(2)21(25-22(28)20-9-5-12-30-20)23(29)31-14-19(27)17-13-26(11-6-10-24)18-8-4-3-7-16(17)18/h3-5,7-9,12-13,15,21H,6,11,14H2,1-2H3,(H,25,28). The van der Waals surface area contributed by atoms with Crippen LogP contribution in [-0.4, -0.2) is 34.9 Å². The number of rotatable bonds is 9. The molecule has 0 aliphatic rings. The van der Waals surface area contributed by atoms with Gasteiger partial charge in [-0.05, 0) is 24.1 Å². The Morgan fingerprint density at radius 2 is 1.97 bits per heavy atom. The molecule has 1 aromatic carbocycles. The summed E-state index contributed by atoms with van der Waals surface area (Å²) in [6.07, 6.45) is 3.35. The number of aryl methyl sites for hydroxylation is 1. The number of nitrogens with zero attached hydrogens (tertiary/aromatic N) is 2. The molecule has 8 heteroatoms. The lowest BCUT2D eigenvalue weighted by Gasteiger charge is -2.20. The Labute approximate surface area is 179 Å². The highest BCUT2D eigenvalue weighted by Crippen LogP contribution is 2.22. The highest BCUT2D eigenvalue weighted by atomic mass is 16.5. The van der Waals surface area contributed by atoms with Crippen molar-refractivity contribution in [3.8, 4) is 6.07 Å². The summed E-state index contributed by atoms with van der Waals surface area (Å²) >= 11 is 0. The molecule has 0 aliphatic heterocycles. The Bertz CT molecular complexity index is 1120. The lowest BCUT2D eigenvalue weighted by molar-refractivity contribution is -0.145. The van der Waals surface area contributed by atoms with Crippen LogP contribution in [0.2, 0.25) is 0 Å². The molecule has 31 heavy (non-hydrogen) atoms. The lowest BCUT2D eigenvalue weighted by Crippen LogP contribution is -2.45. The third-order valence-electron chi connectivity index (χ3n) is 4.85. The number of ether oxygens (including phenoxy) is 1. The van der Waals surface area contributed by atoms with Gasteiger partial charge in [-0.15, -0.1) is 0 Å². The average Bonchev–Trinajstić information content (AvgIpc) is 3.42. The van der Waals surface area contributed by atoms with Crippen LogP contribution in [-0.2, 0) is 16.1 Å². The van der Waals surface area contributed by atoms with E-state index in [1.54, 1.807) is 26.1 Å². The second-order valence-corrected chi connectivity index (χ2v) is 7.36. The number of benzene rings is 1. The summed E-state index contributed by atoms with van der Waals surface area (Å²) in [7, 11) is 0. The van der Waals surface area contributed by atoms with Crippen molar-refractivity contribution in [2.24, 2.45) is 5.92 Å². The van der Waals surface area contributed by atoms with Crippen LogP contribution in [0.3, 0.4) is 0 Å². The predicted molar refractivity (Wildman–Crippen MR) is 112 cm³/mol. The molecule has 3 rings (SSSR count). The number of fused-ring (bicyclic) bond motifs is 1. The van der Waals surface area contributed by atoms with Crippen LogP contribution >= 0.6 is 0 Å². The van der Waals surface area contributed by atoms with Crippen molar-refractivity contribution in [3.63, 3.8) is 0 Å². The zero-order valence-corrected chi connectivity index (χ0v) is 17.3. The molecule has 0 radical (unpaired) electrons. The topological polar surface area (TPSA) is 114 Å². The van der Waals surface area contributed by atoms with Crippen LogP contribution in [0, 0.1) is 17.2 Å². The van der Waals surface area contributed by atoms with E-state index in [9.17, 15) is 14.4 Å². The Morgan fingerprint density at radius 1 is 1.19 bits per heavy atom. The molecular weight excluding hydrogens is 398 g/mol. The summed E-state index contributed by atoms with van der Waals surface area (Å²) in [4.78, 5) is 37.6. The van der Waals surface area contributed by atoms with E-state index in [0.29, 0.717) is 18.5 Å². The number of nitrogens with one attached hydrogen (secondary N) is 1. The number of aromatic nitrogens is 1. The maximum absolute atomic E-state index is 12.8. The molecule has 0 aliphatic carbocycles. The number of amides is 1. The SMILES string of the molecule is CC(C)C(NC(=O)c1ccco1)C(=O)OCC(=O)c1cn(CCC#N)c2ccccc12. The molecule has 0 bridgehead atoms. The van der Waals surface area contributed by atoms with Crippen molar-refractivity contribution in [1.82, 2.24) is 9.88 Å². The number of ketones is 1. The van der Waals surface area contributed by atoms with Gasteiger partial charge in [0.05, 0.1) is 18.8 Å². The Morgan fingerprint density at radius 3 is 2.65 bits per heavy atom. The lowest BCUT2D eigenvalue weighted by atomic mass is 10.0. The molecule has 0 spiro atoms. The van der Waals surface area contributed by atoms with Crippen molar-refractivity contribution in [2.45, 2.75) is 32.9 Å². The zero-order chi connectivity index (χ0) is 22.4. The monoisotopic (exact) mass is 421 g/mol. The maximum Gasteiger partial charge on any atom is 0.329 e. The van der Waals surface area contributed by atoms with Crippen molar-refractivity contribution in [1.29, 1.82) is 5.26 Å². The van der Waals surface area contributed by atoms with E-state index >= 15 is 0 Å². The van der Waals surface area contributed by atoms with Crippen LogP contribution in [0.4, 0.5) is 0 Å². The largest absolute Gasteiger partial charge is 0.459 e. The molecule has 0 saturated carbocycles. The van der Waals surface area contributed by atoms with Gasteiger partial charge in [0.2, 0.25) is 5.78 Å². The van der Waals surface area contributed by atoms with Gasteiger partial charge in [-0.25, -0.2) is 4.79 Å². The summed E-state index contributed by atoms with van der Waals surface area (Å²) in [6, 6.07) is 11.6. The number of nitriles is 1. The first-order valence-corrected chi connectivity index (χ1v) is 9.91. The summed E-state index contributed by atoms with van der Waals surface area (Å²) in [5, 5.41) is 12.2. The van der Waals surface area contributed by atoms with Gasteiger partial charge in [-0.1, -0.05) is 32.0 Å². The Hall–Kier alpha value is -3.86. The molecule has 3 aromatic rings. The van der Waals surface area contributed by atoms with Crippen LogP contribution in [0.25, 0.3) is 10.9 Å². The summed E-state index contributed by atoms with van der Waals surface area (Å²) in [5.74, 6) is -1.77. The minimum absolute atomic E-state index is 0.0831. The number of carbonyl (C=O) groups excluding carboxylic acids is 3. The number of para-hydroxylation sites is 1. The van der Waals surface area contributed by atoms with Crippen molar-refractivity contribution in [3.05, 3.63) is 60.2 Å². The summed E-state index contributed by atoms with van der Waals surface area (Å²) in [5.41, 5.74) is 1.25. The van der Waals surface area contributed by atoms with Gasteiger partial charge >= 0.3 is 5.97 Å². The molecule has 2 aromatic heterocycles. The van der Waals surface area contributed by atoms with E-state index in [2.05, 4.69) is 11.4 Å². The number of Topliss-reactive ketones (excluding diaryl/α,β-unsaturated/α-hetero) is 1. The molecule has 0 fully saturated rings. The second-order valence-electron chi connectivity index (χ2n) is 7.36. The first kappa shape index (κ1) is 21.8. The van der Waals surface area contributed by atoms with Crippen LogP contribution in [0.15, 0.2) is 53.3 Å². The van der Waals surface area contributed by atoms with Gasteiger partial charge in [0.25, 0.3) is 5.91 Å². The van der Waals surface area contributed by atoms with Gasteiger partial charge < -0.3 is 19.0 Å². The molecular formula is C23H23N3O5. The molecule has 1 amide bonds. The quantitative estimate of drug-likeness (QED) is 0.419. The number of hydrogen-bond donors (Lipinski definition) is 1. The first-order valence-electron chi connectivity index (χ1n) is 9.91. The molecule has 8 nitrogen and oxygen atoms in total. The van der Waals surface area contributed by atoms with Gasteiger partial charge in [-0.2, -0.15) is 5.26 Å². The van der Waals surface area contributed by atoms with E-state index in [-0.39, 0.29) is 17.5 Å². The fraction of sp³-hybridized carbons (Fsp3) is 0.304. The number of furan rings is 1. The Kier molecular flexibility index (Phi) is 6.88. The normalized spacial score (nSPS) is 11.8. The van der Waals surface area contributed by atoms with Crippen molar-refractivity contribution < 1.29 is 23.5 Å². The van der Waals surface area contributed by atoms with E-state index in [1.807, 2.05) is 28.8 Å². The molecule has 2 heterocycles. The zero-order valence-electron chi connectivity index (χ0n) is 17.3. The van der Waals surface area contributed by atoms with E-state index in [0.717, 1.165) is 10.9 Å². The van der Waals surface area contributed by atoms with Crippen molar-refractivity contribution in [2.75, 3.05) is 6.61 Å². The minimum atomic E-state index is -0.928. The van der Waals surface area contributed by atoms with Gasteiger partial charge in [0.1, 0.15) is 6.04 Å². The van der Waals surface area contributed by atoms with E-state index in [1.165, 1.54) is 12.3 Å². The van der Waals surface area contributed by atoms with E-state index in [4.69, 9.17) is 14.4 Å². The fourth-order valence-corrected chi connectivity index (χ4v) is 3.25. The third-order valence-corrected chi connectivity index (χ3v) is 4.85. The summed E-state index contributed by atoms with van der Waals surface area (Å²) < 4.78 is 12.1. The summed E-state index contributed by atoms with van der Waals surface area (Å²) in [6.45, 7) is 3.53. The highest BCUT2D eigenvalue weighted by Gasteiger charge is 2.28. The molecule has 0 saturated heterocycles. The van der Waals surface area contributed by atoms with Crippen molar-refractivity contribution >= 4 is 28.6 Å². The van der Waals surface area contributed by atoms with Crippen LogP contribution < -0.4 is 5.32 Å². The Balaban J connectivity index is 1.70.